The van der Waals surface area contributed by atoms with Crippen molar-refractivity contribution in [1.82, 2.24) is 5.32 Å². The van der Waals surface area contributed by atoms with Crippen LogP contribution in [0.2, 0.25) is 0 Å². The van der Waals surface area contributed by atoms with Gasteiger partial charge >= 0.3 is 0 Å². The van der Waals surface area contributed by atoms with E-state index in [0.29, 0.717) is 6.10 Å². The van der Waals surface area contributed by atoms with Gasteiger partial charge in [0.25, 0.3) is 0 Å². The number of rotatable bonds is 5. The molecule has 0 spiro atoms. The van der Waals surface area contributed by atoms with Crippen molar-refractivity contribution in [3.05, 3.63) is 0 Å². The molecule has 0 saturated heterocycles. The Morgan fingerprint density at radius 2 is 2.15 bits per heavy atom. The molecule has 0 aromatic carbocycles. The summed E-state index contributed by atoms with van der Waals surface area (Å²) in [4.78, 5) is 0. The van der Waals surface area contributed by atoms with Crippen molar-refractivity contribution in [2.75, 3.05) is 13.2 Å². The van der Waals surface area contributed by atoms with Gasteiger partial charge in [0, 0.05) is 12.6 Å². The highest BCUT2D eigenvalue weighted by Crippen LogP contribution is 2.25. The molecule has 2 atom stereocenters. The van der Waals surface area contributed by atoms with E-state index >= 15 is 0 Å². The Bertz CT molecular complexity index is 136. The average Bonchev–Trinajstić information content (AvgIpc) is 2.50. The zero-order chi connectivity index (χ0) is 9.68. The smallest absolute Gasteiger partial charge is 0.0519 e. The van der Waals surface area contributed by atoms with Gasteiger partial charge in [0.05, 0.1) is 6.10 Å². The summed E-state index contributed by atoms with van der Waals surface area (Å²) in [7, 11) is 0. The highest BCUT2D eigenvalue weighted by atomic mass is 16.5. The normalized spacial score (nSPS) is 28.6. The first-order valence-electron chi connectivity index (χ1n) is 5.57. The molecule has 0 aromatic rings. The monoisotopic (exact) mass is 185 g/mol. The molecule has 78 valence electrons. The average molecular weight is 185 g/mol. The lowest BCUT2D eigenvalue weighted by molar-refractivity contribution is 0.0522. The van der Waals surface area contributed by atoms with Crippen molar-refractivity contribution in [2.45, 2.75) is 52.2 Å². The molecule has 0 bridgehead atoms. The maximum atomic E-state index is 5.62. The zero-order valence-corrected chi connectivity index (χ0v) is 9.18. The molecule has 1 rings (SSSR count). The van der Waals surface area contributed by atoms with Gasteiger partial charge in [0.2, 0.25) is 0 Å². The van der Waals surface area contributed by atoms with E-state index in [-0.39, 0.29) is 0 Å². The van der Waals surface area contributed by atoms with E-state index in [0.717, 1.165) is 25.1 Å². The highest BCUT2D eigenvalue weighted by Gasteiger charge is 2.23. The molecule has 2 heteroatoms. The van der Waals surface area contributed by atoms with Gasteiger partial charge in [-0.05, 0) is 45.6 Å². The molecule has 0 aliphatic heterocycles. The summed E-state index contributed by atoms with van der Waals surface area (Å²) in [5.41, 5.74) is 0. The summed E-state index contributed by atoms with van der Waals surface area (Å²) in [6, 6.07) is 0.755. The summed E-state index contributed by atoms with van der Waals surface area (Å²) in [6.07, 6.45) is 4.36. The lowest BCUT2D eigenvalue weighted by atomic mass is 10.1. The standard InChI is InChI=1S/C11H23NO/c1-4-12-11-6-5-10(7-11)8-13-9(2)3/h9-12H,4-8H2,1-3H3. The third-order valence-electron chi connectivity index (χ3n) is 2.70. The third-order valence-corrected chi connectivity index (χ3v) is 2.70. The lowest BCUT2D eigenvalue weighted by Gasteiger charge is -2.14. The van der Waals surface area contributed by atoms with Crippen molar-refractivity contribution in [3.8, 4) is 0 Å². The molecule has 0 aromatic heterocycles. The van der Waals surface area contributed by atoms with Crippen LogP contribution >= 0.6 is 0 Å². The predicted octanol–water partition coefficient (Wildman–Crippen LogP) is 2.19. The Labute approximate surface area is 82.0 Å². The minimum atomic E-state index is 0.387. The minimum absolute atomic E-state index is 0.387. The van der Waals surface area contributed by atoms with Gasteiger partial charge in [-0.3, -0.25) is 0 Å². The summed E-state index contributed by atoms with van der Waals surface area (Å²) in [5, 5.41) is 3.51. The van der Waals surface area contributed by atoms with E-state index in [2.05, 4.69) is 26.1 Å². The topological polar surface area (TPSA) is 21.3 Å². The molecule has 2 unspecified atom stereocenters. The minimum Gasteiger partial charge on any atom is -0.379 e. The molecule has 0 heterocycles. The summed E-state index contributed by atoms with van der Waals surface area (Å²) in [6.45, 7) is 8.45. The molecule has 13 heavy (non-hydrogen) atoms. The van der Waals surface area contributed by atoms with E-state index in [4.69, 9.17) is 4.74 Å². The molecule has 0 amide bonds. The van der Waals surface area contributed by atoms with E-state index in [1.807, 2.05) is 0 Å². The molecule has 2 nitrogen and oxygen atoms in total. The van der Waals surface area contributed by atoms with Crippen molar-refractivity contribution in [3.63, 3.8) is 0 Å². The Balaban J connectivity index is 2.10. The summed E-state index contributed by atoms with van der Waals surface area (Å²) < 4.78 is 5.62. The van der Waals surface area contributed by atoms with Gasteiger partial charge in [-0.2, -0.15) is 0 Å². The van der Waals surface area contributed by atoms with Gasteiger partial charge in [-0.1, -0.05) is 6.92 Å². The van der Waals surface area contributed by atoms with Crippen LogP contribution in [-0.2, 0) is 4.74 Å². The van der Waals surface area contributed by atoms with E-state index < -0.39 is 0 Å². The van der Waals surface area contributed by atoms with Gasteiger partial charge in [-0.25, -0.2) is 0 Å². The molecular formula is C11H23NO. The van der Waals surface area contributed by atoms with Gasteiger partial charge in [-0.15, -0.1) is 0 Å². The van der Waals surface area contributed by atoms with Crippen LogP contribution in [0, 0.1) is 5.92 Å². The fourth-order valence-corrected chi connectivity index (χ4v) is 2.03. The fraction of sp³-hybridized carbons (Fsp3) is 1.00. The Kier molecular flexibility index (Phi) is 4.74. The molecule has 1 saturated carbocycles. The van der Waals surface area contributed by atoms with E-state index in [9.17, 15) is 0 Å². The maximum absolute atomic E-state index is 5.62. The lowest BCUT2D eigenvalue weighted by Crippen LogP contribution is -2.26. The zero-order valence-electron chi connectivity index (χ0n) is 9.18. The number of hydrogen-bond donors (Lipinski definition) is 1. The van der Waals surface area contributed by atoms with Crippen LogP contribution in [0.1, 0.15) is 40.0 Å². The first kappa shape index (κ1) is 11.0. The Morgan fingerprint density at radius 1 is 1.38 bits per heavy atom. The first-order valence-corrected chi connectivity index (χ1v) is 5.57. The third kappa shape index (κ3) is 4.10. The Hall–Kier alpha value is -0.0800. The maximum Gasteiger partial charge on any atom is 0.0519 e. The summed E-state index contributed by atoms with van der Waals surface area (Å²) in [5.74, 6) is 0.798. The molecule has 1 aliphatic carbocycles. The van der Waals surface area contributed by atoms with Crippen molar-refractivity contribution in [1.29, 1.82) is 0 Å². The largest absolute Gasteiger partial charge is 0.379 e. The van der Waals surface area contributed by atoms with E-state index in [1.54, 1.807) is 0 Å². The molecular weight excluding hydrogens is 162 g/mol. The number of hydrogen-bond acceptors (Lipinski definition) is 2. The molecule has 0 radical (unpaired) electrons. The van der Waals surface area contributed by atoms with Crippen LogP contribution in [0.3, 0.4) is 0 Å². The SMILES string of the molecule is CCNC1CCC(COC(C)C)C1. The predicted molar refractivity (Wildman–Crippen MR) is 55.9 cm³/mol. The van der Waals surface area contributed by atoms with Crippen LogP contribution in [0.4, 0.5) is 0 Å². The van der Waals surface area contributed by atoms with Crippen molar-refractivity contribution in [2.24, 2.45) is 5.92 Å². The Morgan fingerprint density at radius 3 is 2.77 bits per heavy atom. The van der Waals surface area contributed by atoms with Crippen LogP contribution in [0.25, 0.3) is 0 Å². The van der Waals surface area contributed by atoms with Gasteiger partial charge < -0.3 is 10.1 Å². The number of ether oxygens (including phenoxy) is 1. The van der Waals surface area contributed by atoms with Gasteiger partial charge in [0.1, 0.15) is 0 Å². The van der Waals surface area contributed by atoms with Crippen molar-refractivity contribution < 1.29 is 4.74 Å². The highest BCUT2D eigenvalue weighted by molar-refractivity contribution is 4.80. The van der Waals surface area contributed by atoms with Crippen molar-refractivity contribution >= 4 is 0 Å². The molecule has 1 N–H and O–H groups in total. The molecule has 1 aliphatic rings. The van der Waals surface area contributed by atoms with Crippen LogP contribution < -0.4 is 5.32 Å². The second kappa shape index (κ2) is 5.61. The molecule has 1 fully saturated rings. The van der Waals surface area contributed by atoms with Crippen LogP contribution in [0.15, 0.2) is 0 Å². The van der Waals surface area contributed by atoms with Crippen LogP contribution in [-0.4, -0.2) is 25.3 Å². The van der Waals surface area contributed by atoms with Crippen LogP contribution in [0.5, 0.6) is 0 Å². The second-order valence-corrected chi connectivity index (χ2v) is 4.32. The quantitative estimate of drug-likeness (QED) is 0.709. The number of nitrogens with one attached hydrogen (secondary N) is 1. The van der Waals surface area contributed by atoms with E-state index in [1.165, 1.54) is 19.3 Å². The second-order valence-electron chi connectivity index (χ2n) is 4.32. The summed E-state index contributed by atoms with van der Waals surface area (Å²) >= 11 is 0. The van der Waals surface area contributed by atoms with Gasteiger partial charge in [0.15, 0.2) is 0 Å². The first-order chi connectivity index (χ1) is 6.22. The fourth-order valence-electron chi connectivity index (χ4n) is 2.03.